The second kappa shape index (κ2) is 8.66. The highest BCUT2D eigenvalue weighted by atomic mass is 19.1. The van der Waals surface area contributed by atoms with Gasteiger partial charge in [0.2, 0.25) is 0 Å². The number of aromatic nitrogens is 3. The Hall–Kier alpha value is -3.35. The first kappa shape index (κ1) is 17.5. The minimum Gasteiger partial charge on any atom is -0.363 e. The van der Waals surface area contributed by atoms with Crippen LogP contribution in [-0.2, 0) is 13.0 Å². The van der Waals surface area contributed by atoms with Gasteiger partial charge in [-0.25, -0.2) is 14.4 Å². The van der Waals surface area contributed by atoms with Crippen LogP contribution in [0, 0.1) is 5.82 Å². The topological polar surface area (TPSA) is 79.8 Å². The van der Waals surface area contributed by atoms with E-state index in [9.17, 15) is 9.18 Å². The number of halogens is 1. The summed E-state index contributed by atoms with van der Waals surface area (Å²) in [6.45, 7) is 0.838. The molecule has 0 radical (unpaired) electrons. The van der Waals surface area contributed by atoms with E-state index in [-0.39, 0.29) is 17.4 Å². The molecule has 0 saturated heterocycles. The molecule has 0 aliphatic heterocycles. The van der Waals surface area contributed by atoms with Crippen molar-refractivity contribution in [1.82, 2.24) is 20.3 Å². The highest BCUT2D eigenvalue weighted by Gasteiger charge is 2.08. The Morgan fingerprint density at radius 1 is 1.00 bits per heavy atom. The Kier molecular flexibility index (Phi) is 5.82. The van der Waals surface area contributed by atoms with E-state index in [1.807, 2.05) is 18.2 Å². The third kappa shape index (κ3) is 4.83. The average Bonchev–Trinajstić information content (AvgIpc) is 2.69. The lowest BCUT2D eigenvalue weighted by Crippen LogP contribution is -2.27. The molecule has 0 bridgehead atoms. The molecular weight excluding hydrogens is 333 g/mol. The van der Waals surface area contributed by atoms with Gasteiger partial charge >= 0.3 is 0 Å². The molecule has 3 rings (SSSR count). The Morgan fingerprint density at radius 3 is 2.58 bits per heavy atom. The van der Waals surface area contributed by atoms with Gasteiger partial charge in [-0.3, -0.25) is 9.78 Å². The first-order valence-corrected chi connectivity index (χ1v) is 8.20. The molecule has 0 saturated carbocycles. The van der Waals surface area contributed by atoms with Crippen LogP contribution in [0.5, 0.6) is 0 Å². The van der Waals surface area contributed by atoms with Crippen LogP contribution in [0.15, 0.2) is 61.1 Å². The number of carbonyl (C=O) groups excluding carboxylic acids is 1. The highest BCUT2D eigenvalue weighted by Crippen LogP contribution is 2.07. The summed E-state index contributed by atoms with van der Waals surface area (Å²) in [6, 6.07) is 12.2. The summed E-state index contributed by atoms with van der Waals surface area (Å²) >= 11 is 0. The normalized spacial score (nSPS) is 10.3. The summed E-state index contributed by atoms with van der Waals surface area (Å²) in [5.41, 5.74) is 1.65. The van der Waals surface area contributed by atoms with Crippen molar-refractivity contribution in [2.75, 3.05) is 11.9 Å². The van der Waals surface area contributed by atoms with Crippen LogP contribution < -0.4 is 10.6 Å². The van der Waals surface area contributed by atoms with E-state index in [0.717, 1.165) is 5.69 Å². The van der Waals surface area contributed by atoms with Gasteiger partial charge in [0.05, 0.1) is 24.6 Å². The molecule has 1 aromatic carbocycles. The molecule has 0 aliphatic rings. The van der Waals surface area contributed by atoms with E-state index in [1.165, 1.54) is 18.5 Å². The minimum absolute atomic E-state index is 0.210. The number of nitrogens with one attached hydrogen (secondary N) is 2. The molecule has 7 heteroatoms. The zero-order valence-electron chi connectivity index (χ0n) is 14.0. The predicted octanol–water partition coefficient (Wildman–Crippen LogP) is 2.60. The first-order chi connectivity index (χ1) is 12.7. The van der Waals surface area contributed by atoms with Crippen LogP contribution in [0.25, 0.3) is 0 Å². The maximum absolute atomic E-state index is 13.5. The smallest absolute Gasteiger partial charge is 0.271 e. The Labute approximate surface area is 150 Å². The maximum Gasteiger partial charge on any atom is 0.271 e. The fraction of sp³-hybridized carbons (Fsp3) is 0.158. The third-order valence-corrected chi connectivity index (χ3v) is 3.70. The zero-order chi connectivity index (χ0) is 18.2. The van der Waals surface area contributed by atoms with Crippen molar-refractivity contribution in [1.29, 1.82) is 0 Å². The number of hydrogen-bond donors (Lipinski definition) is 2. The number of amides is 1. The molecule has 0 fully saturated rings. The van der Waals surface area contributed by atoms with Crippen LogP contribution in [0.3, 0.4) is 0 Å². The average molecular weight is 351 g/mol. The SMILES string of the molecule is O=C(NCCc1ccccc1F)c1cnc(NCc2ccccn2)cn1. The minimum atomic E-state index is -0.342. The lowest BCUT2D eigenvalue weighted by Gasteiger charge is -2.07. The van der Waals surface area contributed by atoms with Gasteiger partial charge in [0.15, 0.2) is 0 Å². The van der Waals surface area contributed by atoms with Gasteiger partial charge in [-0.05, 0) is 30.2 Å². The lowest BCUT2D eigenvalue weighted by atomic mass is 10.1. The Morgan fingerprint density at radius 2 is 1.85 bits per heavy atom. The molecule has 2 aromatic heterocycles. The van der Waals surface area contributed by atoms with Gasteiger partial charge in [-0.2, -0.15) is 0 Å². The van der Waals surface area contributed by atoms with Crippen molar-refractivity contribution >= 4 is 11.7 Å². The summed E-state index contributed by atoms with van der Waals surface area (Å²) in [7, 11) is 0. The zero-order valence-corrected chi connectivity index (χ0v) is 14.0. The van der Waals surface area contributed by atoms with Crippen molar-refractivity contribution in [3.8, 4) is 0 Å². The molecule has 0 atom stereocenters. The van der Waals surface area contributed by atoms with Crippen LogP contribution in [0.4, 0.5) is 10.2 Å². The highest BCUT2D eigenvalue weighted by molar-refractivity contribution is 5.91. The lowest BCUT2D eigenvalue weighted by molar-refractivity contribution is 0.0948. The van der Waals surface area contributed by atoms with Crippen molar-refractivity contribution in [3.63, 3.8) is 0 Å². The Balaban J connectivity index is 1.48. The van der Waals surface area contributed by atoms with Gasteiger partial charge in [0.1, 0.15) is 17.3 Å². The van der Waals surface area contributed by atoms with Gasteiger partial charge in [0.25, 0.3) is 5.91 Å². The van der Waals surface area contributed by atoms with E-state index >= 15 is 0 Å². The molecule has 2 heterocycles. The van der Waals surface area contributed by atoms with Crippen LogP contribution in [-0.4, -0.2) is 27.4 Å². The van der Waals surface area contributed by atoms with Gasteiger partial charge in [-0.15, -0.1) is 0 Å². The van der Waals surface area contributed by atoms with Crippen molar-refractivity contribution in [2.45, 2.75) is 13.0 Å². The van der Waals surface area contributed by atoms with Crippen LogP contribution in [0.1, 0.15) is 21.7 Å². The Bertz CT molecular complexity index is 855. The summed E-state index contributed by atoms with van der Waals surface area (Å²) in [5.74, 6) is -0.0615. The van der Waals surface area contributed by atoms with Crippen LogP contribution in [0.2, 0.25) is 0 Å². The standard InChI is InChI=1S/C19H18FN5O/c20-16-7-2-1-5-14(16)8-10-22-19(26)17-12-25-18(13-23-17)24-11-15-6-3-4-9-21-15/h1-7,9,12-13H,8,10-11H2,(H,22,26)(H,24,25). The molecule has 0 spiro atoms. The molecule has 132 valence electrons. The van der Waals surface area contributed by atoms with Crippen molar-refractivity contribution in [2.24, 2.45) is 0 Å². The van der Waals surface area contributed by atoms with E-state index in [2.05, 4.69) is 25.6 Å². The molecule has 3 aromatic rings. The monoisotopic (exact) mass is 351 g/mol. The number of pyridine rings is 1. The molecular formula is C19H18FN5O. The van der Waals surface area contributed by atoms with E-state index in [1.54, 1.807) is 24.4 Å². The molecule has 0 unspecified atom stereocenters. The van der Waals surface area contributed by atoms with Crippen molar-refractivity contribution < 1.29 is 9.18 Å². The molecule has 2 N–H and O–H groups in total. The number of benzene rings is 1. The largest absolute Gasteiger partial charge is 0.363 e. The third-order valence-electron chi connectivity index (χ3n) is 3.70. The number of rotatable bonds is 7. The second-order valence-electron chi connectivity index (χ2n) is 5.56. The van der Waals surface area contributed by atoms with Crippen molar-refractivity contribution in [3.05, 3.63) is 83.8 Å². The van der Waals surface area contributed by atoms with E-state index < -0.39 is 0 Å². The summed E-state index contributed by atoms with van der Waals surface area (Å²) in [4.78, 5) is 24.6. The van der Waals surface area contributed by atoms with E-state index in [0.29, 0.717) is 30.9 Å². The fourth-order valence-electron chi connectivity index (χ4n) is 2.32. The first-order valence-electron chi connectivity index (χ1n) is 8.20. The molecule has 6 nitrogen and oxygen atoms in total. The number of nitrogens with zero attached hydrogens (tertiary/aromatic N) is 3. The second-order valence-corrected chi connectivity index (χ2v) is 5.56. The fourth-order valence-corrected chi connectivity index (χ4v) is 2.32. The number of hydrogen-bond acceptors (Lipinski definition) is 5. The molecule has 26 heavy (non-hydrogen) atoms. The summed E-state index contributed by atoms with van der Waals surface area (Å²) < 4.78 is 13.5. The van der Waals surface area contributed by atoms with E-state index in [4.69, 9.17) is 0 Å². The quantitative estimate of drug-likeness (QED) is 0.684. The number of anilines is 1. The summed E-state index contributed by atoms with van der Waals surface area (Å²) in [5, 5.41) is 5.80. The number of carbonyl (C=O) groups is 1. The maximum atomic E-state index is 13.5. The van der Waals surface area contributed by atoms with Gasteiger partial charge in [0, 0.05) is 12.7 Å². The molecule has 0 aliphatic carbocycles. The predicted molar refractivity (Wildman–Crippen MR) is 96.0 cm³/mol. The van der Waals surface area contributed by atoms with Crippen LogP contribution >= 0.6 is 0 Å². The van der Waals surface area contributed by atoms with Gasteiger partial charge < -0.3 is 10.6 Å². The summed E-state index contributed by atoms with van der Waals surface area (Å²) in [6.07, 6.45) is 5.03. The molecule has 1 amide bonds. The van der Waals surface area contributed by atoms with Gasteiger partial charge in [-0.1, -0.05) is 24.3 Å².